The van der Waals surface area contributed by atoms with Crippen molar-refractivity contribution in [3.63, 3.8) is 0 Å². The maximum Gasteiger partial charge on any atom is 0.233 e. The molecule has 2 aliphatic rings. The van der Waals surface area contributed by atoms with E-state index in [1.165, 1.54) is 5.56 Å². The summed E-state index contributed by atoms with van der Waals surface area (Å²) in [5, 5.41) is 0.680. The molecule has 1 heterocycles. The van der Waals surface area contributed by atoms with Crippen molar-refractivity contribution in [1.82, 2.24) is 14.7 Å². The maximum atomic E-state index is 14.1. The maximum absolute atomic E-state index is 14.1. The van der Waals surface area contributed by atoms with E-state index in [4.69, 9.17) is 11.6 Å². The van der Waals surface area contributed by atoms with Crippen LogP contribution in [0.25, 0.3) is 0 Å². The zero-order chi connectivity index (χ0) is 27.6. The molecule has 0 aromatic heterocycles. The van der Waals surface area contributed by atoms with Crippen molar-refractivity contribution in [2.24, 2.45) is 5.92 Å². The van der Waals surface area contributed by atoms with Crippen molar-refractivity contribution < 1.29 is 9.59 Å². The molecule has 204 valence electrons. The Morgan fingerprint density at radius 2 is 1.46 bits per heavy atom. The molecule has 2 fully saturated rings. The number of nitrogens with zero attached hydrogens (tertiary/aromatic N) is 3. The second-order valence-electron chi connectivity index (χ2n) is 11.3. The number of carbonyl (C=O) groups excluding carboxylic acids is 2. The molecule has 1 aliphatic heterocycles. The first-order valence-corrected chi connectivity index (χ1v) is 14.2. The Labute approximate surface area is 237 Å². The summed E-state index contributed by atoms with van der Waals surface area (Å²) in [7, 11) is 3.84. The van der Waals surface area contributed by atoms with Crippen LogP contribution < -0.4 is 0 Å². The average molecular weight is 544 g/mol. The van der Waals surface area contributed by atoms with Crippen LogP contribution in [0.5, 0.6) is 0 Å². The summed E-state index contributed by atoms with van der Waals surface area (Å²) in [6, 6.07) is 28.4. The molecule has 0 spiro atoms. The van der Waals surface area contributed by atoms with Crippen LogP contribution in [0.2, 0.25) is 5.02 Å². The van der Waals surface area contributed by atoms with Gasteiger partial charge in [-0.2, -0.15) is 0 Å². The van der Waals surface area contributed by atoms with Gasteiger partial charge in [-0.15, -0.1) is 0 Å². The highest BCUT2D eigenvalue weighted by molar-refractivity contribution is 6.30. The van der Waals surface area contributed by atoms with Crippen LogP contribution >= 0.6 is 11.6 Å². The first-order valence-electron chi connectivity index (χ1n) is 13.8. The SMILES string of the molecule is CC(=O)N(C)C1(c2ccccc2)CCN(C[C@@H]2C[C@@]2(C(=O)N(C)Cc2ccccc2)c2ccc(Cl)cc2)CC1. The van der Waals surface area contributed by atoms with Crippen LogP contribution in [0.15, 0.2) is 84.9 Å². The number of carbonyl (C=O) groups is 2. The van der Waals surface area contributed by atoms with E-state index in [0.717, 1.165) is 50.0 Å². The van der Waals surface area contributed by atoms with Crippen LogP contribution in [0.4, 0.5) is 0 Å². The van der Waals surface area contributed by atoms with E-state index in [1.54, 1.807) is 6.92 Å². The summed E-state index contributed by atoms with van der Waals surface area (Å²) in [5.74, 6) is 0.494. The number of amides is 2. The van der Waals surface area contributed by atoms with Gasteiger partial charge in [0.1, 0.15) is 0 Å². The van der Waals surface area contributed by atoms with Crippen molar-refractivity contribution in [1.29, 1.82) is 0 Å². The lowest BCUT2D eigenvalue weighted by molar-refractivity contribution is -0.136. The molecule has 5 nitrogen and oxygen atoms in total. The van der Waals surface area contributed by atoms with Crippen LogP contribution in [-0.4, -0.2) is 60.2 Å². The molecule has 1 aliphatic carbocycles. The Hall–Kier alpha value is -3.15. The Morgan fingerprint density at radius 3 is 2.05 bits per heavy atom. The third-order valence-electron chi connectivity index (χ3n) is 9.04. The summed E-state index contributed by atoms with van der Waals surface area (Å²) >= 11 is 6.22. The van der Waals surface area contributed by atoms with Gasteiger partial charge >= 0.3 is 0 Å². The van der Waals surface area contributed by atoms with Crippen LogP contribution in [0, 0.1) is 5.92 Å². The summed E-state index contributed by atoms with van der Waals surface area (Å²) in [4.78, 5) is 32.8. The highest BCUT2D eigenvalue weighted by Gasteiger charge is 2.62. The molecule has 3 aromatic rings. The van der Waals surface area contributed by atoms with Gasteiger partial charge in [0.15, 0.2) is 0 Å². The Bertz CT molecular complexity index is 1290. The van der Waals surface area contributed by atoms with E-state index in [2.05, 4.69) is 41.3 Å². The van der Waals surface area contributed by atoms with Gasteiger partial charge in [0.2, 0.25) is 11.8 Å². The number of likely N-dealkylation sites (tertiary alicyclic amines) is 1. The molecule has 39 heavy (non-hydrogen) atoms. The third-order valence-corrected chi connectivity index (χ3v) is 9.29. The summed E-state index contributed by atoms with van der Waals surface area (Å²) < 4.78 is 0. The average Bonchev–Trinajstić information content (AvgIpc) is 3.68. The van der Waals surface area contributed by atoms with Crippen LogP contribution in [0.1, 0.15) is 42.9 Å². The molecule has 0 unspecified atom stereocenters. The van der Waals surface area contributed by atoms with Gasteiger partial charge in [0.05, 0.1) is 11.0 Å². The van der Waals surface area contributed by atoms with Gasteiger partial charge in [-0.05, 0) is 54.0 Å². The fourth-order valence-electron chi connectivity index (χ4n) is 6.59. The van der Waals surface area contributed by atoms with Gasteiger partial charge in [-0.3, -0.25) is 9.59 Å². The third kappa shape index (κ3) is 5.35. The molecule has 5 rings (SSSR count). The first-order chi connectivity index (χ1) is 18.8. The van der Waals surface area contributed by atoms with E-state index in [1.807, 2.05) is 72.4 Å². The predicted molar refractivity (Wildman–Crippen MR) is 156 cm³/mol. The normalized spacial score (nSPS) is 22.2. The number of hydrogen-bond acceptors (Lipinski definition) is 3. The minimum Gasteiger partial charge on any atom is -0.341 e. The van der Waals surface area contributed by atoms with E-state index < -0.39 is 5.41 Å². The Morgan fingerprint density at radius 1 is 0.872 bits per heavy atom. The second kappa shape index (κ2) is 11.1. The summed E-state index contributed by atoms with van der Waals surface area (Å²) in [5.41, 5.74) is 2.54. The van der Waals surface area contributed by atoms with Crippen molar-refractivity contribution in [2.75, 3.05) is 33.7 Å². The molecule has 1 saturated carbocycles. The minimum absolute atomic E-state index is 0.0864. The van der Waals surface area contributed by atoms with E-state index in [9.17, 15) is 9.59 Å². The molecular formula is C33H38ClN3O2. The van der Waals surface area contributed by atoms with Crippen molar-refractivity contribution >= 4 is 23.4 Å². The van der Waals surface area contributed by atoms with E-state index >= 15 is 0 Å². The Kier molecular flexibility index (Phi) is 7.84. The van der Waals surface area contributed by atoms with Gasteiger partial charge in [-0.1, -0.05) is 84.4 Å². The zero-order valence-electron chi connectivity index (χ0n) is 23.1. The fraction of sp³-hybridized carbons (Fsp3) is 0.394. The van der Waals surface area contributed by atoms with Gasteiger partial charge in [0, 0.05) is 52.2 Å². The lowest BCUT2D eigenvalue weighted by Gasteiger charge is -2.48. The van der Waals surface area contributed by atoms with Gasteiger partial charge in [-0.25, -0.2) is 0 Å². The van der Waals surface area contributed by atoms with Crippen LogP contribution in [0.3, 0.4) is 0 Å². The molecule has 0 radical (unpaired) electrons. The van der Waals surface area contributed by atoms with Crippen molar-refractivity contribution in [2.45, 2.75) is 43.7 Å². The second-order valence-corrected chi connectivity index (χ2v) is 11.7. The number of halogens is 1. The van der Waals surface area contributed by atoms with E-state index in [0.29, 0.717) is 11.6 Å². The predicted octanol–water partition coefficient (Wildman–Crippen LogP) is 5.73. The molecule has 0 N–H and O–H groups in total. The molecule has 6 heteroatoms. The Balaban J connectivity index is 1.33. The van der Waals surface area contributed by atoms with Gasteiger partial charge < -0.3 is 14.7 Å². The highest BCUT2D eigenvalue weighted by Crippen LogP contribution is 2.56. The van der Waals surface area contributed by atoms with Crippen molar-refractivity contribution in [3.05, 3.63) is 107 Å². The molecule has 2 amide bonds. The molecule has 3 aromatic carbocycles. The molecular weight excluding hydrogens is 506 g/mol. The smallest absolute Gasteiger partial charge is 0.233 e. The summed E-state index contributed by atoms with van der Waals surface area (Å²) in [6.45, 7) is 4.87. The summed E-state index contributed by atoms with van der Waals surface area (Å²) in [6.07, 6.45) is 2.57. The van der Waals surface area contributed by atoms with Crippen LogP contribution in [-0.2, 0) is 27.1 Å². The number of likely N-dealkylation sites (N-methyl/N-ethyl adjacent to an activating group) is 1. The van der Waals surface area contributed by atoms with E-state index in [-0.39, 0.29) is 23.3 Å². The standard InChI is InChI=1S/C33H38ClN3O2/c1-25(38)36(3)32(27-12-8-5-9-13-27)18-20-37(21-19-32)24-29-22-33(29,28-14-16-30(34)17-15-28)31(39)35(2)23-26-10-6-4-7-11-26/h4-17,29H,18-24H2,1-3H3/t29-,33+/m0/s1. The lowest BCUT2D eigenvalue weighted by atomic mass is 9.79. The monoisotopic (exact) mass is 543 g/mol. The molecule has 1 saturated heterocycles. The van der Waals surface area contributed by atoms with Crippen molar-refractivity contribution in [3.8, 4) is 0 Å². The highest BCUT2D eigenvalue weighted by atomic mass is 35.5. The topological polar surface area (TPSA) is 43.9 Å². The number of piperidine rings is 1. The largest absolute Gasteiger partial charge is 0.341 e. The first kappa shape index (κ1) is 27.4. The number of benzene rings is 3. The minimum atomic E-state index is -0.530. The molecule has 2 atom stereocenters. The zero-order valence-corrected chi connectivity index (χ0v) is 23.9. The lowest BCUT2D eigenvalue weighted by Crippen LogP contribution is -2.53. The van der Waals surface area contributed by atoms with Gasteiger partial charge in [0.25, 0.3) is 0 Å². The quantitative estimate of drug-likeness (QED) is 0.365. The fourth-order valence-corrected chi connectivity index (χ4v) is 6.72. The number of rotatable bonds is 8. The number of hydrogen-bond donors (Lipinski definition) is 0. The molecule has 0 bridgehead atoms.